The Balaban J connectivity index is 1.94. The smallest absolute Gasteiger partial charge is 0.185 e. The van der Waals surface area contributed by atoms with Gasteiger partial charge in [-0.1, -0.05) is 11.6 Å². The second-order valence-electron chi connectivity index (χ2n) is 4.09. The Labute approximate surface area is 110 Å². The molecule has 0 amide bonds. The van der Waals surface area contributed by atoms with Gasteiger partial charge in [-0.05, 0) is 44.5 Å². The van der Waals surface area contributed by atoms with Crippen LogP contribution in [0, 0.1) is 13.8 Å². The molecule has 1 aromatic rings. The predicted molar refractivity (Wildman–Crippen MR) is 72.0 cm³/mol. The Bertz CT molecular complexity index is 447. The van der Waals surface area contributed by atoms with Gasteiger partial charge in [0.1, 0.15) is 0 Å². The van der Waals surface area contributed by atoms with E-state index in [1.54, 1.807) is 0 Å². The highest BCUT2D eigenvalue weighted by atomic mass is 35.5. The normalized spacial score (nSPS) is 14.3. The molecule has 0 aliphatic heterocycles. The molecule has 1 aliphatic carbocycles. The van der Waals surface area contributed by atoms with E-state index in [9.17, 15) is 0 Å². The number of hydrazine groups is 1. The van der Waals surface area contributed by atoms with E-state index in [1.165, 1.54) is 12.8 Å². The molecule has 3 N–H and O–H groups in total. The summed E-state index contributed by atoms with van der Waals surface area (Å²) in [4.78, 5) is 0. The standard InChI is InChI=1S/C10H14ClN5S/c1-5-6(2)9(14-13-8(5)11)15-16-10(17)12-7-3-4-7/h7H,3-4H2,1-2H3,(H,14,15)(H2,12,16,17). The maximum Gasteiger partial charge on any atom is 0.185 e. The Hall–Kier alpha value is -1.14. The van der Waals surface area contributed by atoms with Crippen LogP contribution in [-0.2, 0) is 0 Å². The number of anilines is 1. The molecule has 0 spiro atoms. The van der Waals surface area contributed by atoms with Crippen molar-refractivity contribution >= 4 is 34.7 Å². The fourth-order valence-electron chi connectivity index (χ4n) is 1.26. The Morgan fingerprint density at radius 2 is 2.00 bits per heavy atom. The van der Waals surface area contributed by atoms with Gasteiger partial charge in [-0.15, -0.1) is 10.2 Å². The number of rotatable bonds is 3. The lowest BCUT2D eigenvalue weighted by Gasteiger charge is -2.13. The Kier molecular flexibility index (Phi) is 3.63. The summed E-state index contributed by atoms with van der Waals surface area (Å²) < 4.78 is 0. The van der Waals surface area contributed by atoms with Crippen LogP contribution in [0.3, 0.4) is 0 Å². The molecule has 0 bridgehead atoms. The van der Waals surface area contributed by atoms with Crippen molar-refractivity contribution in [3.05, 3.63) is 16.3 Å². The van der Waals surface area contributed by atoms with Crippen molar-refractivity contribution < 1.29 is 0 Å². The number of nitrogens with zero attached hydrogens (tertiary/aromatic N) is 2. The summed E-state index contributed by atoms with van der Waals surface area (Å²) in [6.45, 7) is 3.83. The molecular weight excluding hydrogens is 258 g/mol. The molecular formula is C10H14ClN5S. The highest BCUT2D eigenvalue weighted by molar-refractivity contribution is 7.80. The molecule has 92 valence electrons. The molecule has 1 heterocycles. The van der Waals surface area contributed by atoms with Gasteiger partial charge < -0.3 is 5.32 Å². The monoisotopic (exact) mass is 271 g/mol. The van der Waals surface area contributed by atoms with Gasteiger partial charge in [0.05, 0.1) is 0 Å². The van der Waals surface area contributed by atoms with E-state index in [-0.39, 0.29) is 0 Å². The number of nitrogens with one attached hydrogen (secondary N) is 3. The lowest BCUT2D eigenvalue weighted by molar-refractivity contribution is 0.871. The van der Waals surface area contributed by atoms with Gasteiger partial charge in [-0.3, -0.25) is 10.9 Å². The number of hydrogen-bond donors (Lipinski definition) is 3. The fourth-order valence-corrected chi connectivity index (χ4v) is 1.66. The van der Waals surface area contributed by atoms with Crippen LogP contribution in [0.5, 0.6) is 0 Å². The Morgan fingerprint density at radius 3 is 2.65 bits per heavy atom. The van der Waals surface area contributed by atoms with Gasteiger partial charge in [0.2, 0.25) is 0 Å². The average molecular weight is 272 g/mol. The molecule has 2 rings (SSSR count). The summed E-state index contributed by atoms with van der Waals surface area (Å²) in [5, 5.41) is 11.9. The van der Waals surface area contributed by atoms with Gasteiger partial charge in [0.25, 0.3) is 0 Å². The lowest BCUT2D eigenvalue weighted by Crippen LogP contribution is -2.40. The van der Waals surface area contributed by atoms with Crippen molar-refractivity contribution in [1.29, 1.82) is 0 Å². The van der Waals surface area contributed by atoms with Crippen LogP contribution in [0.4, 0.5) is 5.82 Å². The molecule has 1 aliphatic rings. The molecule has 5 nitrogen and oxygen atoms in total. The first-order valence-corrected chi connectivity index (χ1v) is 6.18. The highest BCUT2D eigenvalue weighted by Crippen LogP contribution is 2.20. The molecule has 17 heavy (non-hydrogen) atoms. The summed E-state index contributed by atoms with van der Waals surface area (Å²) in [5.41, 5.74) is 7.67. The van der Waals surface area contributed by atoms with Gasteiger partial charge in [0.15, 0.2) is 16.1 Å². The topological polar surface area (TPSA) is 61.9 Å². The van der Waals surface area contributed by atoms with Crippen molar-refractivity contribution in [2.75, 3.05) is 5.43 Å². The van der Waals surface area contributed by atoms with Crippen molar-refractivity contribution in [2.45, 2.75) is 32.7 Å². The van der Waals surface area contributed by atoms with Crippen LogP contribution in [-0.4, -0.2) is 21.4 Å². The van der Waals surface area contributed by atoms with Gasteiger partial charge >= 0.3 is 0 Å². The van der Waals surface area contributed by atoms with Gasteiger partial charge in [-0.25, -0.2) is 0 Å². The lowest BCUT2D eigenvalue weighted by atomic mass is 10.2. The van der Waals surface area contributed by atoms with Crippen LogP contribution in [0.1, 0.15) is 24.0 Å². The zero-order chi connectivity index (χ0) is 12.4. The van der Waals surface area contributed by atoms with E-state index in [0.29, 0.717) is 22.1 Å². The predicted octanol–water partition coefficient (Wildman–Crippen LogP) is 1.70. The van der Waals surface area contributed by atoms with E-state index < -0.39 is 0 Å². The molecule has 0 aromatic carbocycles. The van der Waals surface area contributed by atoms with E-state index >= 15 is 0 Å². The van der Waals surface area contributed by atoms with Crippen LogP contribution in [0.15, 0.2) is 0 Å². The highest BCUT2D eigenvalue weighted by Gasteiger charge is 2.21. The van der Waals surface area contributed by atoms with Crippen LogP contribution in [0.25, 0.3) is 0 Å². The number of thiocarbonyl (C=S) groups is 1. The number of aromatic nitrogens is 2. The zero-order valence-electron chi connectivity index (χ0n) is 9.67. The maximum atomic E-state index is 5.87. The van der Waals surface area contributed by atoms with Gasteiger partial charge in [-0.2, -0.15) is 0 Å². The van der Waals surface area contributed by atoms with Crippen molar-refractivity contribution in [3.63, 3.8) is 0 Å². The van der Waals surface area contributed by atoms with Crippen molar-refractivity contribution in [1.82, 2.24) is 20.9 Å². The third-order valence-electron chi connectivity index (χ3n) is 2.67. The van der Waals surface area contributed by atoms with Crippen LogP contribution in [0.2, 0.25) is 5.15 Å². The first-order valence-electron chi connectivity index (χ1n) is 5.40. The molecule has 1 fully saturated rings. The molecule has 7 heteroatoms. The van der Waals surface area contributed by atoms with E-state index in [1.807, 2.05) is 13.8 Å². The first-order chi connectivity index (χ1) is 8.08. The summed E-state index contributed by atoms with van der Waals surface area (Å²) in [6, 6.07) is 0.524. The third kappa shape index (κ3) is 3.17. The van der Waals surface area contributed by atoms with Gasteiger partial charge in [0, 0.05) is 11.6 Å². The minimum atomic E-state index is 0.423. The van der Waals surface area contributed by atoms with E-state index in [0.717, 1.165) is 11.1 Å². The largest absolute Gasteiger partial charge is 0.359 e. The summed E-state index contributed by atoms with van der Waals surface area (Å²) >= 11 is 11.0. The molecule has 1 saturated carbocycles. The van der Waals surface area contributed by atoms with Crippen molar-refractivity contribution in [3.8, 4) is 0 Å². The molecule has 0 atom stereocenters. The summed E-state index contributed by atoms with van der Waals surface area (Å²) in [7, 11) is 0. The first kappa shape index (κ1) is 12.3. The van der Waals surface area contributed by atoms with E-state index in [4.69, 9.17) is 23.8 Å². The van der Waals surface area contributed by atoms with E-state index in [2.05, 4.69) is 26.4 Å². The SMILES string of the molecule is Cc1c(Cl)nnc(NNC(=S)NC2CC2)c1C. The number of halogens is 1. The molecule has 0 radical (unpaired) electrons. The van der Waals surface area contributed by atoms with Crippen LogP contribution < -0.4 is 16.2 Å². The zero-order valence-corrected chi connectivity index (χ0v) is 11.2. The molecule has 1 aromatic heterocycles. The number of hydrogen-bond acceptors (Lipinski definition) is 4. The Morgan fingerprint density at radius 1 is 1.29 bits per heavy atom. The average Bonchev–Trinajstić information content (AvgIpc) is 3.09. The minimum Gasteiger partial charge on any atom is -0.359 e. The molecule has 0 saturated heterocycles. The third-order valence-corrected chi connectivity index (χ3v) is 3.25. The van der Waals surface area contributed by atoms with Crippen molar-refractivity contribution in [2.24, 2.45) is 0 Å². The second-order valence-corrected chi connectivity index (χ2v) is 4.85. The maximum absolute atomic E-state index is 5.87. The fraction of sp³-hybridized carbons (Fsp3) is 0.500. The quantitative estimate of drug-likeness (QED) is 0.575. The summed E-state index contributed by atoms with van der Waals surface area (Å²) in [5.74, 6) is 0.631. The molecule has 0 unspecified atom stereocenters. The summed E-state index contributed by atoms with van der Waals surface area (Å²) in [6.07, 6.45) is 2.36. The second kappa shape index (κ2) is 5.01. The minimum absolute atomic E-state index is 0.423. The van der Waals surface area contributed by atoms with Crippen LogP contribution >= 0.6 is 23.8 Å².